The lowest BCUT2D eigenvalue weighted by molar-refractivity contribution is -0.159. The molecule has 0 saturated carbocycles. The van der Waals surface area contributed by atoms with Crippen LogP contribution in [0.15, 0.2) is 35.2 Å². The molecule has 2 aliphatic rings. The Kier molecular flexibility index (Phi) is 7.96. The number of aromatic nitrogens is 1. The Labute approximate surface area is 185 Å². The van der Waals surface area contributed by atoms with E-state index < -0.39 is 11.9 Å². The number of carboxylic acids is 2. The third kappa shape index (κ3) is 6.14. The molecular weight excluding hydrogens is 418 g/mol. The molecule has 10 nitrogen and oxygen atoms in total. The Morgan fingerprint density at radius 2 is 2.00 bits per heavy atom. The fourth-order valence-corrected chi connectivity index (χ4v) is 3.90. The van der Waals surface area contributed by atoms with E-state index >= 15 is 0 Å². The van der Waals surface area contributed by atoms with Gasteiger partial charge in [-0.2, -0.15) is 0 Å². The predicted molar refractivity (Wildman–Crippen MR) is 111 cm³/mol. The van der Waals surface area contributed by atoms with Gasteiger partial charge in [0.2, 0.25) is 5.91 Å². The Bertz CT molecular complexity index is 927. The number of amides is 1. The van der Waals surface area contributed by atoms with Gasteiger partial charge >= 0.3 is 11.9 Å². The minimum atomic E-state index is -1.82. The maximum Gasteiger partial charge on any atom is 0.414 e. The molecule has 0 aliphatic carbocycles. The summed E-state index contributed by atoms with van der Waals surface area (Å²) < 4.78 is 10.8. The van der Waals surface area contributed by atoms with E-state index in [1.54, 1.807) is 6.26 Å². The van der Waals surface area contributed by atoms with Crippen molar-refractivity contribution in [3.63, 3.8) is 0 Å². The van der Waals surface area contributed by atoms with Crippen molar-refractivity contribution in [2.24, 2.45) is 5.92 Å². The summed E-state index contributed by atoms with van der Waals surface area (Å²) in [6, 6.07) is 3.90. The average Bonchev–Trinajstić information content (AvgIpc) is 3.48. The lowest BCUT2D eigenvalue weighted by Gasteiger charge is -2.32. The van der Waals surface area contributed by atoms with Crippen LogP contribution in [0.4, 0.5) is 0 Å². The van der Waals surface area contributed by atoms with E-state index in [9.17, 15) is 4.79 Å². The molecule has 2 N–H and O–H groups in total. The SMILES string of the molecule is CN(Cc1ccco1)Cc1cncc2c1CCN(C(=O)C1CCOC1)C2.O=C(O)C(=O)O. The van der Waals surface area contributed by atoms with Crippen LogP contribution < -0.4 is 0 Å². The highest BCUT2D eigenvalue weighted by Crippen LogP contribution is 2.25. The number of carbonyl (C=O) groups is 3. The van der Waals surface area contributed by atoms with Crippen molar-refractivity contribution in [1.82, 2.24) is 14.8 Å². The molecule has 0 spiro atoms. The lowest BCUT2D eigenvalue weighted by atomic mass is 9.95. The summed E-state index contributed by atoms with van der Waals surface area (Å²) in [4.78, 5) is 39.5. The molecule has 0 bridgehead atoms. The van der Waals surface area contributed by atoms with Crippen molar-refractivity contribution >= 4 is 17.8 Å². The summed E-state index contributed by atoms with van der Waals surface area (Å²) in [5.41, 5.74) is 3.76. The van der Waals surface area contributed by atoms with Gasteiger partial charge in [-0.05, 0) is 48.7 Å². The minimum absolute atomic E-state index is 0.0344. The summed E-state index contributed by atoms with van der Waals surface area (Å²) in [7, 11) is 2.08. The fraction of sp³-hybridized carbons (Fsp3) is 0.455. The van der Waals surface area contributed by atoms with Crippen LogP contribution in [0.3, 0.4) is 0 Å². The number of fused-ring (bicyclic) bond motifs is 1. The topological polar surface area (TPSA) is 133 Å². The molecule has 1 amide bonds. The zero-order valence-electron chi connectivity index (χ0n) is 17.9. The third-order valence-corrected chi connectivity index (χ3v) is 5.45. The largest absolute Gasteiger partial charge is 0.473 e. The van der Waals surface area contributed by atoms with E-state index in [4.69, 9.17) is 29.0 Å². The zero-order chi connectivity index (χ0) is 23.1. The highest BCUT2D eigenvalue weighted by atomic mass is 16.5. The number of hydrogen-bond donors (Lipinski definition) is 2. The minimum Gasteiger partial charge on any atom is -0.473 e. The molecule has 0 radical (unpaired) electrons. The van der Waals surface area contributed by atoms with Gasteiger partial charge in [0.25, 0.3) is 0 Å². The van der Waals surface area contributed by atoms with Crippen molar-refractivity contribution in [2.75, 3.05) is 26.8 Å². The molecule has 1 unspecified atom stereocenters. The van der Waals surface area contributed by atoms with Crippen molar-refractivity contribution in [3.8, 4) is 0 Å². The molecule has 172 valence electrons. The molecule has 4 heterocycles. The molecule has 1 atom stereocenters. The molecule has 10 heteroatoms. The summed E-state index contributed by atoms with van der Waals surface area (Å²) in [6.07, 6.45) is 7.31. The van der Waals surface area contributed by atoms with Crippen LogP contribution in [-0.2, 0) is 45.2 Å². The average molecular weight is 445 g/mol. The van der Waals surface area contributed by atoms with Crippen LogP contribution in [0, 0.1) is 5.92 Å². The highest BCUT2D eigenvalue weighted by molar-refractivity contribution is 6.27. The van der Waals surface area contributed by atoms with Gasteiger partial charge in [0, 0.05) is 38.6 Å². The van der Waals surface area contributed by atoms with Gasteiger partial charge in [0.15, 0.2) is 0 Å². The van der Waals surface area contributed by atoms with Crippen LogP contribution >= 0.6 is 0 Å². The molecule has 2 aromatic rings. The first kappa shape index (κ1) is 23.4. The molecular formula is C22H27N3O7. The van der Waals surface area contributed by atoms with Crippen LogP contribution in [0.25, 0.3) is 0 Å². The van der Waals surface area contributed by atoms with Gasteiger partial charge in [0.05, 0.1) is 25.3 Å². The van der Waals surface area contributed by atoms with E-state index in [-0.39, 0.29) is 11.8 Å². The molecule has 2 aliphatic heterocycles. The summed E-state index contributed by atoms with van der Waals surface area (Å²) in [5, 5.41) is 14.8. The van der Waals surface area contributed by atoms with E-state index in [0.29, 0.717) is 19.8 Å². The lowest BCUT2D eigenvalue weighted by Crippen LogP contribution is -2.40. The second kappa shape index (κ2) is 10.9. The smallest absolute Gasteiger partial charge is 0.414 e. The van der Waals surface area contributed by atoms with Gasteiger partial charge in [-0.15, -0.1) is 0 Å². The van der Waals surface area contributed by atoms with E-state index in [2.05, 4.69) is 16.9 Å². The molecule has 4 rings (SSSR count). The van der Waals surface area contributed by atoms with Crippen LogP contribution in [0.2, 0.25) is 0 Å². The monoisotopic (exact) mass is 445 g/mol. The van der Waals surface area contributed by atoms with Gasteiger partial charge < -0.3 is 24.3 Å². The van der Waals surface area contributed by atoms with Gasteiger partial charge in [-0.25, -0.2) is 9.59 Å². The van der Waals surface area contributed by atoms with Gasteiger partial charge in [-0.3, -0.25) is 14.7 Å². The zero-order valence-corrected chi connectivity index (χ0v) is 17.9. The summed E-state index contributed by atoms with van der Waals surface area (Å²) in [6.45, 7) is 4.30. The molecule has 2 aromatic heterocycles. The van der Waals surface area contributed by atoms with Crippen LogP contribution in [-0.4, -0.2) is 69.6 Å². The Hall–Kier alpha value is -3.24. The first-order valence-electron chi connectivity index (χ1n) is 10.3. The quantitative estimate of drug-likeness (QED) is 0.655. The Balaban J connectivity index is 0.000000427. The molecule has 0 aromatic carbocycles. The van der Waals surface area contributed by atoms with Crippen molar-refractivity contribution in [2.45, 2.75) is 32.5 Å². The predicted octanol–water partition coefficient (Wildman–Crippen LogP) is 1.38. The number of pyridine rings is 1. The van der Waals surface area contributed by atoms with Crippen molar-refractivity contribution in [3.05, 3.63) is 53.2 Å². The first-order chi connectivity index (χ1) is 15.3. The van der Waals surface area contributed by atoms with E-state index in [1.807, 2.05) is 29.4 Å². The Morgan fingerprint density at radius 1 is 1.22 bits per heavy atom. The Morgan fingerprint density at radius 3 is 2.62 bits per heavy atom. The maximum absolute atomic E-state index is 12.7. The number of ether oxygens (including phenoxy) is 1. The van der Waals surface area contributed by atoms with Gasteiger partial charge in [0.1, 0.15) is 5.76 Å². The molecule has 1 saturated heterocycles. The number of rotatable bonds is 5. The maximum atomic E-state index is 12.7. The first-order valence-corrected chi connectivity index (χ1v) is 10.3. The number of nitrogens with zero attached hydrogens (tertiary/aromatic N) is 3. The number of carboxylic acid groups (broad SMARTS) is 2. The second-order valence-corrected chi connectivity index (χ2v) is 7.87. The fourth-order valence-electron chi connectivity index (χ4n) is 3.90. The van der Waals surface area contributed by atoms with Crippen LogP contribution in [0.1, 0.15) is 28.9 Å². The van der Waals surface area contributed by atoms with Crippen molar-refractivity contribution in [1.29, 1.82) is 0 Å². The van der Waals surface area contributed by atoms with Gasteiger partial charge in [-0.1, -0.05) is 0 Å². The summed E-state index contributed by atoms with van der Waals surface area (Å²) in [5.74, 6) is -2.42. The van der Waals surface area contributed by atoms with Crippen molar-refractivity contribution < 1.29 is 33.8 Å². The number of carbonyl (C=O) groups excluding carboxylic acids is 1. The number of aliphatic carboxylic acids is 2. The van der Waals surface area contributed by atoms with E-state index in [0.717, 1.165) is 38.2 Å². The standard InChI is InChI=1S/C20H25N3O3.C2H2O4/c1-22(13-18-3-2-7-26-18)11-16-9-21-10-17-12-23(6-4-19(16)17)20(24)15-5-8-25-14-15;3-1(4)2(5)6/h2-3,7,9-10,15H,4-6,8,11-14H2,1H3;(H,3,4)(H,5,6). The number of hydrogen-bond acceptors (Lipinski definition) is 7. The third-order valence-electron chi connectivity index (χ3n) is 5.45. The molecule has 32 heavy (non-hydrogen) atoms. The number of furan rings is 1. The van der Waals surface area contributed by atoms with E-state index in [1.165, 1.54) is 16.7 Å². The molecule has 1 fully saturated rings. The van der Waals surface area contributed by atoms with Crippen LogP contribution in [0.5, 0.6) is 0 Å². The normalized spacial score (nSPS) is 17.4. The second-order valence-electron chi connectivity index (χ2n) is 7.87. The summed E-state index contributed by atoms with van der Waals surface area (Å²) >= 11 is 0. The highest BCUT2D eigenvalue weighted by Gasteiger charge is 2.30.